The predicted octanol–water partition coefficient (Wildman–Crippen LogP) is 4.09. The third-order valence-corrected chi connectivity index (χ3v) is 6.25. The molecule has 2 heterocycles. The van der Waals surface area contributed by atoms with Crippen LogP contribution in [0.5, 0.6) is 0 Å². The first-order valence-corrected chi connectivity index (χ1v) is 11.6. The van der Waals surface area contributed by atoms with Gasteiger partial charge in [0.25, 0.3) is 11.8 Å². The normalized spacial score (nSPS) is 21.5. The van der Waals surface area contributed by atoms with Crippen molar-refractivity contribution in [1.82, 2.24) is 9.80 Å². The standard InChI is InChI=1S/C26H33N3O3/c1-18-7-6-8-23(24(18)26(31)29-13-4-5-14-29)27-25(30)22-11-9-21(10-12-22)17-28-15-19(2)32-20(3)16-28/h6-12,19-20H,4-5,13-17H2,1-3H3,(H,27,30). The first-order chi connectivity index (χ1) is 15.4. The van der Waals surface area contributed by atoms with Crippen molar-refractivity contribution in [2.75, 3.05) is 31.5 Å². The van der Waals surface area contributed by atoms with E-state index < -0.39 is 0 Å². The number of hydrogen-bond acceptors (Lipinski definition) is 4. The molecule has 2 aromatic rings. The van der Waals surface area contributed by atoms with Gasteiger partial charge in [0.2, 0.25) is 0 Å². The van der Waals surface area contributed by atoms with E-state index in [4.69, 9.17) is 4.74 Å². The highest BCUT2D eigenvalue weighted by Gasteiger charge is 2.25. The lowest BCUT2D eigenvalue weighted by atomic mass is 10.0. The number of nitrogens with zero attached hydrogens (tertiary/aromatic N) is 2. The van der Waals surface area contributed by atoms with E-state index in [1.165, 1.54) is 5.56 Å². The van der Waals surface area contributed by atoms with Crippen LogP contribution in [0.1, 0.15) is 58.5 Å². The second-order valence-corrected chi connectivity index (χ2v) is 9.10. The summed E-state index contributed by atoms with van der Waals surface area (Å²) in [5, 5.41) is 2.97. The molecule has 2 saturated heterocycles. The van der Waals surface area contributed by atoms with E-state index in [0.717, 1.165) is 51.1 Å². The number of ether oxygens (including phenoxy) is 1. The molecule has 6 heteroatoms. The minimum Gasteiger partial charge on any atom is -0.373 e. The highest BCUT2D eigenvalue weighted by molar-refractivity contribution is 6.09. The number of likely N-dealkylation sites (tertiary alicyclic amines) is 1. The zero-order valence-electron chi connectivity index (χ0n) is 19.3. The monoisotopic (exact) mass is 435 g/mol. The summed E-state index contributed by atoms with van der Waals surface area (Å²) >= 11 is 0. The molecule has 0 saturated carbocycles. The van der Waals surface area contributed by atoms with Crippen molar-refractivity contribution in [3.63, 3.8) is 0 Å². The van der Waals surface area contributed by atoms with E-state index in [1.807, 2.05) is 54.3 Å². The van der Waals surface area contributed by atoms with Crippen LogP contribution in [-0.4, -0.2) is 60.0 Å². The number of nitrogens with one attached hydrogen (secondary N) is 1. The Labute approximate surface area is 190 Å². The van der Waals surface area contributed by atoms with Crippen LogP contribution in [0.3, 0.4) is 0 Å². The van der Waals surface area contributed by atoms with Crippen LogP contribution in [0.25, 0.3) is 0 Å². The lowest BCUT2D eigenvalue weighted by Gasteiger charge is -2.35. The molecule has 0 aliphatic carbocycles. The first kappa shape index (κ1) is 22.5. The maximum absolute atomic E-state index is 13.0. The molecular formula is C26H33N3O3. The van der Waals surface area contributed by atoms with Crippen molar-refractivity contribution < 1.29 is 14.3 Å². The van der Waals surface area contributed by atoms with Gasteiger partial charge < -0.3 is 15.0 Å². The molecule has 2 aliphatic rings. The number of aryl methyl sites for hydroxylation is 1. The van der Waals surface area contributed by atoms with Gasteiger partial charge in [-0.15, -0.1) is 0 Å². The van der Waals surface area contributed by atoms with E-state index in [1.54, 1.807) is 0 Å². The molecular weight excluding hydrogens is 402 g/mol. The van der Waals surface area contributed by atoms with E-state index in [9.17, 15) is 9.59 Å². The molecule has 2 fully saturated rings. The summed E-state index contributed by atoms with van der Waals surface area (Å²) in [6.45, 7) is 10.3. The zero-order chi connectivity index (χ0) is 22.7. The van der Waals surface area contributed by atoms with Crippen LogP contribution in [0.15, 0.2) is 42.5 Å². The van der Waals surface area contributed by atoms with E-state index in [0.29, 0.717) is 16.8 Å². The van der Waals surface area contributed by atoms with E-state index in [2.05, 4.69) is 24.1 Å². The molecule has 0 radical (unpaired) electrons. The fourth-order valence-corrected chi connectivity index (χ4v) is 4.76. The maximum Gasteiger partial charge on any atom is 0.256 e. The fourth-order valence-electron chi connectivity index (χ4n) is 4.76. The predicted molar refractivity (Wildman–Crippen MR) is 126 cm³/mol. The molecule has 2 unspecified atom stereocenters. The van der Waals surface area contributed by atoms with Gasteiger partial charge in [-0.3, -0.25) is 14.5 Å². The van der Waals surface area contributed by atoms with Gasteiger partial charge in [0, 0.05) is 38.3 Å². The number of rotatable bonds is 5. The van der Waals surface area contributed by atoms with Gasteiger partial charge in [-0.05, 0) is 62.9 Å². The highest BCUT2D eigenvalue weighted by atomic mass is 16.5. The quantitative estimate of drug-likeness (QED) is 0.768. The number of carbonyl (C=O) groups excluding carboxylic acids is 2. The number of hydrogen-bond donors (Lipinski definition) is 1. The molecule has 2 amide bonds. The third-order valence-electron chi connectivity index (χ3n) is 6.25. The smallest absolute Gasteiger partial charge is 0.256 e. The van der Waals surface area contributed by atoms with E-state index in [-0.39, 0.29) is 24.0 Å². The van der Waals surface area contributed by atoms with Crippen molar-refractivity contribution in [2.45, 2.75) is 52.4 Å². The van der Waals surface area contributed by atoms with Gasteiger partial charge in [-0.25, -0.2) is 0 Å². The molecule has 170 valence electrons. The SMILES string of the molecule is Cc1cccc(NC(=O)c2ccc(CN3CC(C)OC(C)C3)cc2)c1C(=O)N1CCCC1. The first-order valence-electron chi connectivity index (χ1n) is 11.6. The maximum atomic E-state index is 13.0. The van der Waals surface area contributed by atoms with Gasteiger partial charge in [0.05, 0.1) is 23.5 Å². The molecule has 2 aliphatic heterocycles. The summed E-state index contributed by atoms with van der Waals surface area (Å²) in [5.74, 6) is -0.202. The molecule has 2 atom stereocenters. The second-order valence-electron chi connectivity index (χ2n) is 9.10. The molecule has 4 rings (SSSR count). The summed E-state index contributed by atoms with van der Waals surface area (Å²) in [6.07, 6.45) is 2.54. The Kier molecular flexibility index (Phi) is 6.92. The van der Waals surface area contributed by atoms with Crippen LogP contribution in [0, 0.1) is 6.92 Å². The van der Waals surface area contributed by atoms with Crippen LogP contribution >= 0.6 is 0 Å². The number of anilines is 1. The van der Waals surface area contributed by atoms with Crippen molar-refractivity contribution in [3.8, 4) is 0 Å². The average Bonchev–Trinajstić information content (AvgIpc) is 3.28. The molecule has 0 spiro atoms. The van der Waals surface area contributed by atoms with Crippen LogP contribution < -0.4 is 5.32 Å². The van der Waals surface area contributed by atoms with Crippen molar-refractivity contribution >= 4 is 17.5 Å². The van der Waals surface area contributed by atoms with Gasteiger partial charge in [0.1, 0.15) is 0 Å². The summed E-state index contributed by atoms with van der Waals surface area (Å²) in [7, 11) is 0. The highest BCUT2D eigenvalue weighted by Crippen LogP contribution is 2.24. The molecule has 0 bridgehead atoms. The lowest BCUT2D eigenvalue weighted by Crippen LogP contribution is -2.44. The summed E-state index contributed by atoms with van der Waals surface area (Å²) in [4.78, 5) is 30.3. The minimum atomic E-state index is -0.203. The number of amides is 2. The topological polar surface area (TPSA) is 61.9 Å². The van der Waals surface area contributed by atoms with Crippen LogP contribution in [0.4, 0.5) is 5.69 Å². The summed E-state index contributed by atoms with van der Waals surface area (Å²) in [6, 6.07) is 13.3. The van der Waals surface area contributed by atoms with Crippen molar-refractivity contribution in [3.05, 3.63) is 64.7 Å². The Bertz CT molecular complexity index is 957. The Balaban J connectivity index is 1.44. The Hall–Kier alpha value is -2.70. The number of morpholine rings is 1. The fraction of sp³-hybridized carbons (Fsp3) is 0.462. The van der Waals surface area contributed by atoms with Crippen LogP contribution in [-0.2, 0) is 11.3 Å². The van der Waals surface area contributed by atoms with Gasteiger partial charge in [0.15, 0.2) is 0 Å². The van der Waals surface area contributed by atoms with Crippen LogP contribution in [0.2, 0.25) is 0 Å². The molecule has 0 aromatic heterocycles. The van der Waals surface area contributed by atoms with Gasteiger partial charge >= 0.3 is 0 Å². The number of benzene rings is 2. The summed E-state index contributed by atoms with van der Waals surface area (Å²) < 4.78 is 5.81. The summed E-state index contributed by atoms with van der Waals surface area (Å²) in [5.41, 5.74) is 3.80. The number of carbonyl (C=O) groups is 2. The van der Waals surface area contributed by atoms with Gasteiger partial charge in [-0.2, -0.15) is 0 Å². The molecule has 2 aromatic carbocycles. The third kappa shape index (κ3) is 5.19. The second kappa shape index (κ2) is 9.84. The van der Waals surface area contributed by atoms with Crippen molar-refractivity contribution in [2.24, 2.45) is 0 Å². The Morgan fingerprint density at radius 3 is 2.31 bits per heavy atom. The zero-order valence-corrected chi connectivity index (χ0v) is 19.3. The molecule has 1 N–H and O–H groups in total. The molecule has 32 heavy (non-hydrogen) atoms. The van der Waals surface area contributed by atoms with Crippen molar-refractivity contribution in [1.29, 1.82) is 0 Å². The minimum absolute atomic E-state index is 0.000200. The lowest BCUT2D eigenvalue weighted by molar-refractivity contribution is -0.0704. The average molecular weight is 436 g/mol. The Morgan fingerprint density at radius 1 is 1.00 bits per heavy atom. The van der Waals surface area contributed by atoms with Gasteiger partial charge in [-0.1, -0.05) is 24.3 Å². The largest absolute Gasteiger partial charge is 0.373 e. The Morgan fingerprint density at radius 2 is 1.66 bits per heavy atom. The van der Waals surface area contributed by atoms with E-state index >= 15 is 0 Å². The molecule has 6 nitrogen and oxygen atoms in total.